The number of hydrogen-bond acceptors (Lipinski definition) is 4. The fourth-order valence-electron chi connectivity index (χ4n) is 3.07. The number of nitrogens with zero attached hydrogens (tertiary/aromatic N) is 1. The molecule has 5 nitrogen and oxygen atoms in total. The van der Waals surface area contributed by atoms with Gasteiger partial charge in [-0.05, 0) is 36.3 Å². The normalized spacial score (nSPS) is 13.0. The molecule has 0 atom stereocenters. The molecule has 0 radical (unpaired) electrons. The fourth-order valence-corrected chi connectivity index (χ4v) is 3.07. The highest BCUT2D eigenvalue weighted by Gasteiger charge is 2.22. The number of benzene rings is 2. The van der Waals surface area contributed by atoms with Crippen LogP contribution >= 0.6 is 0 Å². The number of fused-ring (bicyclic) bond motifs is 1. The van der Waals surface area contributed by atoms with E-state index in [0.29, 0.717) is 23.8 Å². The van der Waals surface area contributed by atoms with E-state index in [4.69, 9.17) is 14.2 Å². The van der Waals surface area contributed by atoms with Crippen LogP contribution in [-0.4, -0.2) is 33.8 Å². The van der Waals surface area contributed by atoms with Crippen molar-refractivity contribution < 1.29 is 19.0 Å². The van der Waals surface area contributed by atoms with E-state index in [9.17, 15) is 4.79 Å². The second-order valence-corrected chi connectivity index (χ2v) is 5.63. The van der Waals surface area contributed by atoms with Crippen molar-refractivity contribution in [3.8, 4) is 17.2 Å². The summed E-state index contributed by atoms with van der Waals surface area (Å²) in [5.41, 5.74) is 2.94. The summed E-state index contributed by atoms with van der Waals surface area (Å²) in [5, 5.41) is 0. The Balaban J connectivity index is 1.86. The molecule has 130 valence electrons. The van der Waals surface area contributed by atoms with Crippen LogP contribution in [0.2, 0.25) is 0 Å². The summed E-state index contributed by atoms with van der Waals surface area (Å²) in [6, 6.07) is 11.6. The predicted molar refractivity (Wildman–Crippen MR) is 97.6 cm³/mol. The molecule has 1 amide bonds. The molecule has 1 aliphatic rings. The highest BCUT2D eigenvalue weighted by Crippen LogP contribution is 2.40. The number of hydrogen-bond donors (Lipinski definition) is 0. The number of carbonyl (C=O) groups excluding carboxylic acids is 1. The summed E-state index contributed by atoms with van der Waals surface area (Å²) in [6.45, 7) is 0.700. The quantitative estimate of drug-likeness (QED) is 0.784. The number of para-hydroxylation sites is 1. The summed E-state index contributed by atoms with van der Waals surface area (Å²) in [5.74, 6) is 1.57. The van der Waals surface area contributed by atoms with Gasteiger partial charge in [0.15, 0.2) is 11.5 Å². The van der Waals surface area contributed by atoms with Gasteiger partial charge in [0.25, 0.3) is 5.91 Å². The predicted octanol–water partition coefficient (Wildman–Crippen LogP) is 3.31. The first-order valence-electron chi connectivity index (χ1n) is 8.06. The Hall–Kier alpha value is -2.95. The molecule has 0 aromatic heterocycles. The lowest BCUT2D eigenvalue weighted by atomic mass is 10.1. The van der Waals surface area contributed by atoms with Gasteiger partial charge in [0.1, 0.15) is 0 Å². The molecule has 0 spiro atoms. The van der Waals surface area contributed by atoms with E-state index < -0.39 is 0 Å². The number of anilines is 1. The Morgan fingerprint density at radius 1 is 1.00 bits per heavy atom. The second kappa shape index (κ2) is 7.30. The highest BCUT2D eigenvalue weighted by molar-refractivity contribution is 6.05. The molecule has 0 N–H and O–H groups in total. The lowest BCUT2D eigenvalue weighted by Gasteiger charge is -2.16. The molecule has 2 aromatic carbocycles. The van der Waals surface area contributed by atoms with E-state index in [1.807, 2.05) is 24.3 Å². The van der Waals surface area contributed by atoms with Crippen molar-refractivity contribution in [3.63, 3.8) is 0 Å². The Bertz CT molecular complexity index is 813. The van der Waals surface area contributed by atoms with Gasteiger partial charge in [0.05, 0.1) is 21.3 Å². The first-order valence-corrected chi connectivity index (χ1v) is 8.06. The maximum Gasteiger partial charge on any atom is 0.251 e. The van der Waals surface area contributed by atoms with Crippen molar-refractivity contribution in [2.75, 3.05) is 32.8 Å². The molecule has 25 heavy (non-hydrogen) atoms. The summed E-state index contributed by atoms with van der Waals surface area (Å²) < 4.78 is 16.1. The van der Waals surface area contributed by atoms with Gasteiger partial charge in [-0.1, -0.05) is 18.2 Å². The maximum atomic E-state index is 12.6. The molecular formula is C20H21NO4. The van der Waals surface area contributed by atoms with Gasteiger partial charge in [-0.15, -0.1) is 0 Å². The zero-order valence-electron chi connectivity index (χ0n) is 14.6. The molecule has 0 bridgehead atoms. The summed E-state index contributed by atoms with van der Waals surface area (Å²) in [7, 11) is 4.69. The smallest absolute Gasteiger partial charge is 0.251 e. The Labute approximate surface area is 147 Å². The van der Waals surface area contributed by atoms with E-state index in [1.165, 1.54) is 5.56 Å². The van der Waals surface area contributed by atoms with Crippen molar-refractivity contribution in [1.29, 1.82) is 0 Å². The number of rotatable bonds is 5. The van der Waals surface area contributed by atoms with Gasteiger partial charge in [0.2, 0.25) is 5.75 Å². The standard InChI is InChI=1S/C20H21NO4/c1-23-17-10-8-15(19(24-2)20(17)25-3)9-11-18(22)21-13-12-14-6-4-5-7-16(14)21/h4-11H,12-13H2,1-3H3/b11-9+. The lowest BCUT2D eigenvalue weighted by molar-refractivity contribution is -0.114. The lowest BCUT2D eigenvalue weighted by Crippen LogP contribution is -2.26. The molecule has 1 heterocycles. The number of amides is 1. The van der Waals surface area contributed by atoms with E-state index >= 15 is 0 Å². The fraction of sp³-hybridized carbons (Fsp3) is 0.250. The summed E-state index contributed by atoms with van der Waals surface area (Å²) >= 11 is 0. The monoisotopic (exact) mass is 339 g/mol. The zero-order chi connectivity index (χ0) is 17.8. The van der Waals surface area contributed by atoms with Crippen molar-refractivity contribution in [2.24, 2.45) is 0 Å². The van der Waals surface area contributed by atoms with Crippen molar-refractivity contribution in [2.45, 2.75) is 6.42 Å². The average Bonchev–Trinajstić information content (AvgIpc) is 3.09. The minimum absolute atomic E-state index is 0.0539. The molecular weight excluding hydrogens is 318 g/mol. The van der Waals surface area contributed by atoms with E-state index in [2.05, 4.69) is 6.07 Å². The number of methoxy groups -OCH3 is 3. The molecule has 2 aromatic rings. The molecule has 0 aliphatic carbocycles. The van der Waals surface area contributed by atoms with Crippen LogP contribution < -0.4 is 19.1 Å². The minimum Gasteiger partial charge on any atom is -0.493 e. The van der Waals surface area contributed by atoms with Gasteiger partial charge in [0, 0.05) is 23.9 Å². The van der Waals surface area contributed by atoms with Crippen LogP contribution in [0.5, 0.6) is 17.2 Å². The molecule has 3 rings (SSSR count). The number of carbonyl (C=O) groups is 1. The SMILES string of the molecule is COc1ccc(/C=C/C(=O)N2CCc3ccccc32)c(OC)c1OC. The van der Waals surface area contributed by atoms with Crippen LogP contribution in [-0.2, 0) is 11.2 Å². The average molecular weight is 339 g/mol. The molecule has 0 unspecified atom stereocenters. The van der Waals surface area contributed by atoms with Crippen LogP contribution in [0.15, 0.2) is 42.5 Å². The van der Waals surface area contributed by atoms with Crippen LogP contribution in [0.1, 0.15) is 11.1 Å². The van der Waals surface area contributed by atoms with Gasteiger partial charge < -0.3 is 19.1 Å². The second-order valence-electron chi connectivity index (χ2n) is 5.63. The van der Waals surface area contributed by atoms with Crippen LogP contribution in [0.4, 0.5) is 5.69 Å². The van der Waals surface area contributed by atoms with Crippen molar-refractivity contribution in [1.82, 2.24) is 0 Å². The minimum atomic E-state index is -0.0539. The Kier molecular flexibility index (Phi) is 4.93. The summed E-state index contributed by atoms with van der Waals surface area (Å²) in [4.78, 5) is 14.4. The van der Waals surface area contributed by atoms with Gasteiger partial charge in [-0.25, -0.2) is 0 Å². The molecule has 5 heteroatoms. The van der Waals surface area contributed by atoms with E-state index in [1.54, 1.807) is 44.4 Å². The van der Waals surface area contributed by atoms with Gasteiger partial charge >= 0.3 is 0 Å². The Morgan fingerprint density at radius 2 is 1.76 bits per heavy atom. The third-order valence-corrected chi connectivity index (χ3v) is 4.29. The number of ether oxygens (including phenoxy) is 3. The first kappa shape index (κ1) is 16.9. The van der Waals surface area contributed by atoms with Crippen LogP contribution in [0.25, 0.3) is 6.08 Å². The third-order valence-electron chi connectivity index (χ3n) is 4.29. The maximum absolute atomic E-state index is 12.6. The Morgan fingerprint density at radius 3 is 2.48 bits per heavy atom. The zero-order valence-corrected chi connectivity index (χ0v) is 14.6. The summed E-state index contributed by atoms with van der Waals surface area (Å²) in [6.07, 6.45) is 4.19. The van der Waals surface area contributed by atoms with Gasteiger partial charge in [-0.2, -0.15) is 0 Å². The van der Waals surface area contributed by atoms with Crippen molar-refractivity contribution >= 4 is 17.7 Å². The van der Waals surface area contributed by atoms with Crippen LogP contribution in [0.3, 0.4) is 0 Å². The van der Waals surface area contributed by atoms with Crippen LogP contribution in [0, 0.1) is 0 Å². The van der Waals surface area contributed by atoms with Gasteiger partial charge in [-0.3, -0.25) is 4.79 Å². The molecule has 0 fully saturated rings. The highest BCUT2D eigenvalue weighted by atomic mass is 16.5. The molecule has 1 aliphatic heterocycles. The first-order chi connectivity index (χ1) is 12.2. The topological polar surface area (TPSA) is 48.0 Å². The third kappa shape index (κ3) is 3.18. The molecule has 0 saturated heterocycles. The molecule has 0 saturated carbocycles. The van der Waals surface area contributed by atoms with E-state index in [0.717, 1.165) is 17.7 Å². The largest absolute Gasteiger partial charge is 0.493 e. The van der Waals surface area contributed by atoms with Crippen molar-refractivity contribution in [3.05, 3.63) is 53.6 Å². The van der Waals surface area contributed by atoms with E-state index in [-0.39, 0.29) is 5.91 Å².